The van der Waals surface area contributed by atoms with Gasteiger partial charge in [-0.2, -0.15) is 0 Å². The fourth-order valence-electron chi connectivity index (χ4n) is 2.27. The first kappa shape index (κ1) is 19.8. The van der Waals surface area contributed by atoms with Gasteiger partial charge in [-0.05, 0) is 46.3 Å². The maximum Gasteiger partial charge on any atom is 0.243 e. The minimum absolute atomic E-state index is 0.0855. The highest BCUT2D eigenvalue weighted by molar-refractivity contribution is 9.10. The summed E-state index contributed by atoms with van der Waals surface area (Å²) in [6.45, 7) is 0.139. The third-order valence-corrected chi connectivity index (χ3v) is 5.95. The zero-order valence-electron chi connectivity index (χ0n) is 14.1. The van der Waals surface area contributed by atoms with Crippen LogP contribution in [0.3, 0.4) is 0 Å². The Kier molecular flexibility index (Phi) is 6.15. The highest BCUT2D eigenvalue weighted by Gasteiger charge is 2.19. The number of nitrogens with one attached hydrogen (secondary N) is 1. The van der Waals surface area contributed by atoms with Crippen LogP contribution in [0.15, 0.2) is 56.6 Å². The number of benzene rings is 1. The number of aromatic nitrogens is 2. The van der Waals surface area contributed by atoms with Gasteiger partial charge in [0, 0.05) is 29.2 Å². The molecule has 3 aromatic rings. The fraction of sp³-hybridized carbons (Fsp3) is 0.176. The van der Waals surface area contributed by atoms with E-state index in [0.29, 0.717) is 22.5 Å². The topological polar surface area (TPSA) is 94.3 Å². The summed E-state index contributed by atoms with van der Waals surface area (Å²) >= 11 is 9.07. The van der Waals surface area contributed by atoms with Gasteiger partial charge in [-0.25, -0.2) is 23.1 Å². The summed E-state index contributed by atoms with van der Waals surface area (Å²) in [4.78, 5) is 8.11. The number of hydrogen-bond donors (Lipinski definition) is 1. The Bertz CT molecular complexity index is 1040. The molecule has 0 saturated heterocycles. The van der Waals surface area contributed by atoms with Gasteiger partial charge in [0.15, 0.2) is 0 Å². The molecule has 10 heteroatoms. The number of pyridine rings is 1. The van der Waals surface area contributed by atoms with Crippen LogP contribution in [-0.2, 0) is 16.4 Å². The Labute approximate surface area is 169 Å². The molecule has 7 nitrogen and oxygen atoms in total. The molecule has 1 N–H and O–H groups in total. The molecule has 0 atom stereocenters. The van der Waals surface area contributed by atoms with Gasteiger partial charge in [0.25, 0.3) is 0 Å². The lowest BCUT2D eigenvalue weighted by Crippen LogP contribution is -2.26. The molecule has 27 heavy (non-hydrogen) atoms. The summed E-state index contributed by atoms with van der Waals surface area (Å²) in [5, 5.41) is -0.0890. The van der Waals surface area contributed by atoms with E-state index in [1.165, 1.54) is 18.5 Å². The molecular weight excluding hydrogens is 458 g/mol. The normalized spacial score (nSPS) is 11.5. The van der Waals surface area contributed by atoms with E-state index in [4.69, 9.17) is 20.8 Å². The number of nitrogens with zero attached hydrogens (tertiary/aromatic N) is 2. The largest absolute Gasteiger partial charge is 0.497 e. The highest BCUT2D eigenvalue weighted by Crippen LogP contribution is 2.23. The fourth-order valence-corrected chi connectivity index (χ4v) is 4.25. The van der Waals surface area contributed by atoms with Crippen molar-refractivity contribution in [2.75, 3.05) is 13.7 Å². The molecule has 0 bridgehead atoms. The van der Waals surface area contributed by atoms with Crippen LogP contribution in [0.1, 0.15) is 5.69 Å². The Balaban J connectivity index is 1.64. The van der Waals surface area contributed by atoms with Gasteiger partial charge in [0.1, 0.15) is 22.1 Å². The van der Waals surface area contributed by atoms with E-state index >= 15 is 0 Å². The predicted octanol–water partition coefficient (Wildman–Crippen LogP) is 3.68. The monoisotopic (exact) mass is 471 g/mol. The number of oxazole rings is 1. The van der Waals surface area contributed by atoms with Crippen molar-refractivity contribution in [2.45, 2.75) is 11.3 Å². The van der Waals surface area contributed by atoms with Crippen LogP contribution >= 0.6 is 27.5 Å². The minimum Gasteiger partial charge on any atom is -0.497 e. The van der Waals surface area contributed by atoms with E-state index in [-0.39, 0.29) is 16.6 Å². The van der Waals surface area contributed by atoms with Crippen LogP contribution in [0.4, 0.5) is 0 Å². The summed E-state index contributed by atoms with van der Waals surface area (Å²) in [6, 6.07) is 8.68. The van der Waals surface area contributed by atoms with E-state index in [1.54, 1.807) is 7.11 Å². The second-order valence-electron chi connectivity index (χ2n) is 5.46. The van der Waals surface area contributed by atoms with Crippen LogP contribution in [0, 0.1) is 0 Å². The van der Waals surface area contributed by atoms with Crippen LogP contribution in [0.5, 0.6) is 5.75 Å². The molecule has 0 spiro atoms. The second-order valence-corrected chi connectivity index (χ2v) is 8.47. The summed E-state index contributed by atoms with van der Waals surface area (Å²) in [5.74, 6) is 1.19. The van der Waals surface area contributed by atoms with Gasteiger partial charge in [0.05, 0.1) is 12.8 Å². The predicted molar refractivity (Wildman–Crippen MR) is 104 cm³/mol. The first-order valence-corrected chi connectivity index (χ1v) is 10.4. The first-order chi connectivity index (χ1) is 12.9. The summed E-state index contributed by atoms with van der Waals surface area (Å²) in [6.07, 6.45) is 3.29. The average molecular weight is 473 g/mol. The molecule has 3 rings (SSSR count). The van der Waals surface area contributed by atoms with Crippen LogP contribution in [0.2, 0.25) is 5.15 Å². The molecule has 0 aliphatic heterocycles. The highest BCUT2D eigenvalue weighted by atomic mass is 79.9. The molecule has 0 unspecified atom stereocenters. The molecule has 142 valence electrons. The van der Waals surface area contributed by atoms with Gasteiger partial charge in [0.2, 0.25) is 15.9 Å². The number of methoxy groups -OCH3 is 1. The van der Waals surface area contributed by atoms with Crippen molar-refractivity contribution >= 4 is 37.6 Å². The smallest absolute Gasteiger partial charge is 0.243 e. The summed E-state index contributed by atoms with van der Waals surface area (Å²) in [5.41, 5.74) is 1.43. The lowest BCUT2D eigenvalue weighted by atomic mass is 10.2. The van der Waals surface area contributed by atoms with Crippen molar-refractivity contribution in [3.05, 3.63) is 58.1 Å². The van der Waals surface area contributed by atoms with Crippen LogP contribution in [0.25, 0.3) is 11.5 Å². The SMILES string of the molecule is COc1ccc(-c2nc(CCNS(=O)(=O)c3cc(Br)cnc3Cl)co2)cc1. The first-order valence-electron chi connectivity index (χ1n) is 7.78. The van der Waals surface area contributed by atoms with Gasteiger partial charge in [-0.3, -0.25) is 0 Å². The maximum absolute atomic E-state index is 12.4. The van der Waals surface area contributed by atoms with Crippen molar-refractivity contribution < 1.29 is 17.6 Å². The number of sulfonamides is 1. The standard InChI is InChI=1S/C17H15BrClN3O4S/c1-25-14-4-2-11(3-5-14)17-22-13(10-26-17)6-7-21-27(23,24)15-8-12(18)9-20-16(15)19/h2-5,8-10,21H,6-7H2,1H3. The number of rotatable bonds is 7. The molecule has 2 aromatic heterocycles. The van der Waals surface area contributed by atoms with Gasteiger partial charge in [-0.15, -0.1) is 0 Å². The van der Waals surface area contributed by atoms with Crippen LogP contribution < -0.4 is 9.46 Å². The quantitative estimate of drug-likeness (QED) is 0.527. The van der Waals surface area contributed by atoms with Gasteiger partial charge >= 0.3 is 0 Å². The van der Waals surface area contributed by atoms with Crippen molar-refractivity contribution in [3.8, 4) is 17.2 Å². The minimum atomic E-state index is -3.78. The second kappa shape index (κ2) is 8.39. The van der Waals surface area contributed by atoms with Crippen LogP contribution in [-0.4, -0.2) is 32.0 Å². The van der Waals surface area contributed by atoms with Crippen molar-refractivity contribution in [3.63, 3.8) is 0 Å². The average Bonchev–Trinajstić information content (AvgIpc) is 3.12. The molecule has 0 radical (unpaired) electrons. The third kappa shape index (κ3) is 4.86. The van der Waals surface area contributed by atoms with Crippen molar-refractivity contribution in [1.82, 2.24) is 14.7 Å². The molecule has 2 heterocycles. The zero-order chi connectivity index (χ0) is 19.4. The number of halogens is 2. The van der Waals surface area contributed by atoms with E-state index in [0.717, 1.165) is 11.3 Å². The molecular formula is C17H15BrClN3O4S. The number of hydrogen-bond acceptors (Lipinski definition) is 6. The lowest BCUT2D eigenvalue weighted by molar-refractivity contribution is 0.415. The summed E-state index contributed by atoms with van der Waals surface area (Å²) < 4.78 is 38.3. The molecule has 0 saturated carbocycles. The Morgan fingerprint density at radius 1 is 1.30 bits per heavy atom. The van der Waals surface area contributed by atoms with Crippen molar-refractivity contribution in [1.29, 1.82) is 0 Å². The third-order valence-electron chi connectivity index (χ3n) is 3.62. The van der Waals surface area contributed by atoms with E-state index in [1.807, 2.05) is 24.3 Å². The van der Waals surface area contributed by atoms with Gasteiger partial charge < -0.3 is 9.15 Å². The zero-order valence-corrected chi connectivity index (χ0v) is 17.3. The van der Waals surface area contributed by atoms with Gasteiger partial charge in [-0.1, -0.05) is 11.6 Å². The summed E-state index contributed by atoms with van der Waals surface area (Å²) in [7, 11) is -2.19. The molecule has 0 aliphatic rings. The Hall–Kier alpha value is -1.94. The van der Waals surface area contributed by atoms with Crippen molar-refractivity contribution in [2.24, 2.45) is 0 Å². The molecule has 0 aliphatic carbocycles. The molecule has 0 amide bonds. The Morgan fingerprint density at radius 2 is 2.04 bits per heavy atom. The Morgan fingerprint density at radius 3 is 2.74 bits per heavy atom. The maximum atomic E-state index is 12.4. The molecule has 1 aromatic carbocycles. The lowest BCUT2D eigenvalue weighted by Gasteiger charge is -2.07. The van der Waals surface area contributed by atoms with E-state index in [9.17, 15) is 8.42 Å². The molecule has 0 fully saturated rings. The number of ether oxygens (including phenoxy) is 1. The van der Waals surface area contributed by atoms with E-state index in [2.05, 4.69) is 30.6 Å². The van der Waals surface area contributed by atoms with E-state index < -0.39 is 10.0 Å².